The molecular formula is C23H18N4O4S. The quantitative estimate of drug-likeness (QED) is 0.216. The molecule has 32 heavy (non-hydrogen) atoms. The van der Waals surface area contributed by atoms with Gasteiger partial charge >= 0.3 is 0 Å². The number of nitrogens with one attached hydrogen (secondary N) is 1. The second-order valence-corrected chi connectivity index (χ2v) is 7.71. The molecule has 2 amide bonds. The first-order valence-corrected chi connectivity index (χ1v) is 10.1. The van der Waals surface area contributed by atoms with Crippen LogP contribution in [-0.4, -0.2) is 26.4 Å². The van der Waals surface area contributed by atoms with E-state index < -0.39 is 16.7 Å². The van der Waals surface area contributed by atoms with Gasteiger partial charge in [-0.15, -0.1) is 0 Å². The number of anilines is 1. The number of nitro groups is 1. The van der Waals surface area contributed by atoms with E-state index in [1.165, 1.54) is 23.1 Å². The standard InChI is InChI=1S/C23H18N4O4S/c1-14-5-6-15(2)20(12-14)26-22(29)19(21(28)24-23(26)32)13-18-4-3-11-25(18)16-7-9-17(10-8-16)27(30)31/h3-13H,1-2H3,(H,24,28,32)/b19-13+. The van der Waals surface area contributed by atoms with Gasteiger partial charge in [0, 0.05) is 29.7 Å². The highest BCUT2D eigenvalue weighted by Crippen LogP contribution is 2.27. The molecule has 4 rings (SSSR count). The van der Waals surface area contributed by atoms with Crippen LogP contribution in [0, 0.1) is 24.0 Å². The maximum atomic E-state index is 13.3. The van der Waals surface area contributed by atoms with Gasteiger partial charge < -0.3 is 4.57 Å². The first-order chi connectivity index (χ1) is 15.3. The largest absolute Gasteiger partial charge is 0.317 e. The number of nitro benzene ring substituents is 1. The fourth-order valence-corrected chi connectivity index (χ4v) is 3.74. The molecule has 1 saturated heterocycles. The zero-order valence-electron chi connectivity index (χ0n) is 17.2. The average Bonchev–Trinajstić information content (AvgIpc) is 3.22. The van der Waals surface area contributed by atoms with Crippen LogP contribution in [-0.2, 0) is 9.59 Å². The lowest BCUT2D eigenvalue weighted by atomic mass is 10.1. The van der Waals surface area contributed by atoms with E-state index in [4.69, 9.17) is 12.2 Å². The fourth-order valence-electron chi connectivity index (χ4n) is 3.47. The topological polar surface area (TPSA) is 97.5 Å². The van der Waals surface area contributed by atoms with E-state index in [9.17, 15) is 19.7 Å². The van der Waals surface area contributed by atoms with Gasteiger partial charge in [-0.1, -0.05) is 12.1 Å². The summed E-state index contributed by atoms with van der Waals surface area (Å²) in [5.74, 6) is -1.11. The zero-order chi connectivity index (χ0) is 23.0. The molecule has 0 atom stereocenters. The predicted molar refractivity (Wildman–Crippen MR) is 125 cm³/mol. The molecule has 0 spiro atoms. The number of hydrogen-bond donors (Lipinski definition) is 1. The van der Waals surface area contributed by atoms with Crippen molar-refractivity contribution in [1.82, 2.24) is 9.88 Å². The van der Waals surface area contributed by atoms with E-state index in [1.807, 2.05) is 32.0 Å². The molecule has 1 N–H and O–H groups in total. The molecule has 3 aromatic rings. The van der Waals surface area contributed by atoms with Crippen LogP contribution in [0.5, 0.6) is 0 Å². The van der Waals surface area contributed by atoms with Gasteiger partial charge in [0.05, 0.1) is 10.6 Å². The summed E-state index contributed by atoms with van der Waals surface area (Å²) in [7, 11) is 0. The Morgan fingerprint density at radius 2 is 1.78 bits per heavy atom. The maximum absolute atomic E-state index is 13.3. The van der Waals surface area contributed by atoms with Crippen LogP contribution < -0.4 is 10.2 Å². The smallest absolute Gasteiger partial charge is 0.270 e. The van der Waals surface area contributed by atoms with Crippen molar-refractivity contribution in [1.29, 1.82) is 0 Å². The number of thiocarbonyl (C=S) groups is 1. The minimum atomic E-state index is -0.585. The van der Waals surface area contributed by atoms with Crippen LogP contribution in [0.15, 0.2) is 66.4 Å². The molecule has 1 aliphatic heterocycles. The van der Waals surface area contributed by atoms with Crippen molar-refractivity contribution in [2.24, 2.45) is 0 Å². The number of aryl methyl sites for hydroxylation is 2. The van der Waals surface area contributed by atoms with Gasteiger partial charge in [0.1, 0.15) is 5.57 Å². The molecule has 0 radical (unpaired) electrons. The number of amides is 2. The van der Waals surface area contributed by atoms with Gasteiger partial charge in [0.2, 0.25) is 0 Å². The normalized spacial score (nSPS) is 15.2. The molecule has 8 nitrogen and oxygen atoms in total. The summed E-state index contributed by atoms with van der Waals surface area (Å²) >= 11 is 5.29. The number of nitrogens with zero attached hydrogens (tertiary/aromatic N) is 3. The minimum absolute atomic E-state index is 0.0246. The summed E-state index contributed by atoms with van der Waals surface area (Å²) in [6.45, 7) is 3.77. The van der Waals surface area contributed by atoms with Crippen molar-refractivity contribution in [2.45, 2.75) is 13.8 Å². The van der Waals surface area contributed by atoms with Crippen molar-refractivity contribution in [3.8, 4) is 5.69 Å². The molecule has 0 saturated carbocycles. The summed E-state index contributed by atoms with van der Waals surface area (Å²) in [6, 6.07) is 15.1. The van der Waals surface area contributed by atoms with Gasteiger partial charge in [-0.05, 0) is 73.6 Å². The minimum Gasteiger partial charge on any atom is -0.317 e. The first-order valence-electron chi connectivity index (χ1n) is 9.67. The molecule has 2 heterocycles. The summed E-state index contributed by atoms with van der Waals surface area (Å²) in [5.41, 5.74) is 3.52. The van der Waals surface area contributed by atoms with Crippen molar-refractivity contribution >= 4 is 46.6 Å². The SMILES string of the molecule is Cc1ccc(C)c(N2C(=O)/C(=C/c3cccn3-c3ccc([N+](=O)[O-])cc3)C(=O)NC2=S)c1. The van der Waals surface area contributed by atoms with Gasteiger partial charge in [-0.3, -0.25) is 29.9 Å². The number of carbonyl (C=O) groups excluding carboxylic acids is 2. The van der Waals surface area contributed by atoms with Gasteiger partial charge in [-0.2, -0.15) is 0 Å². The molecule has 9 heteroatoms. The zero-order valence-corrected chi connectivity index (χ0v) is 18.1. The Hall–Kier alpha value is -4.11. The number of carbonyl (C=O) groups is 2. The van der Waals surface area contributed by atoms with Gasteiger partial charge in [0.15, 0.2) is 5.11 Å². The van der Waals surface area contributed by atoms with E-state index in [0.717, 1.165) is 11.1 Å². The monoisotopic (exact) mass is 446 g/mol. The Kier molecular flexibility index (Phi) is 5.41. The van der Waals surface area contributed by atoms with E-state index in [0.29, 0.717) is 17.1 Å². The molecule has 0 unspecified atom stereocenters. The molecule has 0 aliphatic carbocycles. The van der Waals surface area contributed by atoms with E-state index in [2.05, 4.69) is 5.32 Å². The van der Waals surface area contributed by atoms with Crippen LogP contribution in [0.3, 0.4) is 0 Å². The van der Waals surface area contributed by atoms with E-state index >= 15 is 0 Å². The summed E-state index contributed by atoms with van der Waals surface area (Å²) in [4.78, 5) is 37.7. The van der Waals surface area contributed by atoms with Crippen LogP contribution >= 0.6 is 12.2 Å². The van der Waals surface area contributed by atoms with Gasteiger partial charge in [-0.25, -0.2) is 0 Å². The van der Waals surface area contributed by atoms with Crippen molar-refractivity contribution in [2.75, 3.05) is 4.90 Å². The molecule has 160 valence electrons. The van der Waals surface area contributed by atoms with Crippen LogP contribution in [0.25, 0.3) is 11.8 Å². The van der Waals surface area contributed by atoms with Crippen LogP contribution in [0.1, 0.15) is 16.8 Å². The molecule has 2 aromatic carbocycles. The Morgan fingerprint density at radius 3 is 2.47 bits per heavy atom. The number of aromatic nitrogens is 1. The summed E-state index contributed by atoms with van der Waals surface area (Å²) < 4.78 is 1.73. The number of non-ortho nitro benzene ring substituents is 1. The average molecular weight is 446 g/mol. The third kappa shape index (κ3) is 3.81. The Morgan fingerprint density at radius 1 is 1.06 bits per heavy atom. The van der Waals surface area contributed by atoms with E-state index in [-0.39, 0.29) is 16.4 Å². The van der Waals surface area contributed by atoms with Crippen LogP contribution in [0.4, 0.5) is 11.4 Å². The summed E-state index contributed by atoms with van der Waals surface area (Å²) in [5, 5.41) is 13.5. The number of hydrogen-bond acceptors (Lipinski definition) is 5. The number of rotatable bonds is 4. The Labute approximate surface area is 188 Å². The molecule has 1 aliphatic rings. The highest BCUT2D eigenvalue weighted by Gasteiger charge is 2.35. The second-order valence-electron chi connectivity index (χ2n) is 7.32. The Balaban J connectivity index is 1.74. The van der Waals surface area contributed by atoms with Crippen molar-refractivity contribution < 1.29 is 14.5 Å². The second kappa shape index (κ2) is 8.20. The number of benzene rings is 2. The fraction of sp³-hybridized carbons (Fsp3) is 0.0870. The van der Waals surface area contributed by atoms with Gasteiger partial charge in [0.25, 0.3) is 17.5 Å². The summed E-state index contributed by atoms with van der Waals surface area (Å²) in [6.07, 6.45) is 3.23. The highest BCUT2D eigenvalue weighted by atomic mass is 32.1. The molecular weight excluding hydrogens is 428 g/mol. The first kappa shape index (κ1) is 21.1. The maximum Gasteiger partial charge on any atom is 0.270 e. The van der Waals surface area contributed by atoms with E-state index in [1.54, 1.807) is 35.0 Å². The third-order valence-corrected chi connectivity index (χ3v) is 5.40. The highest BCUT2D eigenvalue weighted by molar-refractivity contribution is 7.80. The lowest BCUT2D eigenvalue weighted by Gasteiger charge is -2.30. The lowest BCUT2D eigenvalue weighted by Crippen LogP contribution is -2.54. The Bertz CT molecular complexity index is 1310. The third-order valence-electron chi connectivity index (χ3n) is 5.12. The van der Waals surface area contributed by atoms with Crippen molar-refractivity contribution in [3.05, 3.63) is 93.3 Å². The lowest BCUT2D eigenvalue weighted by molar-refractivity contribution is -0.384. The van der Waals surface area contributed by atoms with Crippen LogP contribution in [0.2, 0.25) is 0 Å². The molecule has 0 bridgehead atoms. The molecule has 1 aromatic heterocycles. The van der Waals surface area contributed by atoms with Crippen molar-refractivity contribution in [3.63, 3.8) is 0 Å². The molecule has 1 fully saturated rings. The predicted octanol–water partition coefficient (Wildman–Crippen LogP) is 3.83.